The van der Waals surface area contributed by atoms with Gasteiger partial charge in [0, 0.05) is 18.6 Å². The third-order valence-corrected chi connectivity index (χ3v) is 3.57. The highest BCUT2D eigenvalue weighted by molar-refractivity contribution is 6.31. The number of halogens is 1. The van der Waals surface area contributed by atoms with Gasteiger partial charge in [0.1, 0.15) is 0 Å². The van der Waals surface area contributed by atoms with Gasteiger partial charge >= 0.3 is 0 Å². The van der Waals surface area contributed by atoms with Crippen molar-refractivity contribution in [1.82, 2.24) is 10.2 Å². The monoisotopic (exact) mass is 266 g/mol. The van der Waals surface area contributed by atoms with Crippen LogP contribution in [0.15, 0.2) is 24.3 Å². The molecule has 0 atom stereocenters. The van der Waals surface area contributed by atoms with Crippen molar-refractivity contribution >= 4 is 17.5 Å². The lowest BCUT2D eigenvalue weighted by atomic mass is 10.2. The fourth-order valence-electron chi connectivity index (χ4n) is 1.81. The summed E-state index contributed by atoms with van der Waals surface area (Å²) in [4.78, 5) is 13.6. The molecule has 1 amide bonds. The molecule has 2 rings (SSSR count). The second kappa shape index (κ2) is 6.21. The van der Waals surface area contributed by atoms with Crippen molar-refractivity contribution in [2.24, 2.45) is 5.92 Å². The molecule has 1 saturated carbocycles. The summed E-state index contributed by atoms with van der Waals surface area (Å²) in [5, 5.41) is 3.92. The van der Waals surface area contributed by atoms with Crippen molar-refractivity contribution in [2.45, 2.75) is 19.4 Å². The molecule has 1 fully saturated rings. The van der Waals surface area contributed by atoms with Gasteiger partial charge in [-0.05, 0) is 36.9 Å². The summed E-state index contributed by atoms with van der Waals surface area (Å²) in [5.41, 5.74) is 0.984. The van der Waals surface area contributed by atoms with Crippen LogP contribution in [0.5, 0.6) is 0 Å². The third-order valence-electron chi connectivity index (χ3n) is 3.20. The summed E-state index contributed by atoms with van der Waals surface area (Å²) in [5.74, 6) is 0.905. The lowest BCUT2D eigenvalue weighted by molar-refractivity contribution is -0.129. The van der Waals surface area contributed by atoms with Crippen LogP contribution in [0.2, 0.25) is 5.02 Å². The largest absolute Gasteiger partial charge is 0.340 e. The fraction of sp³-hybridized carbons (Fsp3) is 0.500. The molecule has 98 valence electrons. The van der Waals surface area contributed by atoms with Crippen molar-refractivity contribution in [3.63, 3.8) is 0 Å². The molecule has 0 aliphatic heterocycles. The average Bonchev–Trinajstić information content (AvgIpc) is 3.16. The molecule has 1 aromatic rings. The topological polar surface area (TPSA) is 32.3 Å². The van der Waals surface area contributed by atoms with Crippen molar-refractivity contribution in [3.8, 4) is 0 Å². The highest BCUT2D eigenvalue weighted by atomic mass is 35.5. The molecule has 1 N–H and O–H groups in total. The molecular weight excluding hydrogens is 248 g/mol. The SMILES string of the molecule is CN(Cc1ccccc1Cl)C(=O)CNCC1CC1. The molecule has 4 heteroatoms. The first-order valence-electron chi connectivity index (χ1n) is 6.35. The smallest absolute Gasteiger partial charge is 0.236 e. The molecule has 0 radical (unpaired) electrons. The van der Waals surface area contributed by atoms with Crippen LogP contribution in [0.3, 0.4) is 0 Å². The van der Waals surface area contributed by atoms with Crippen LogP contribution in [0, 0.1) is 5.92 Å². The summed E-state index contributed by atoms with van der Waals surface area (Å²) in [7, 11) is 1.81. The fourth-order valence-corrected chi connectivity index (χ4v) is 2.01. The van der Waals surface area contributed by atoms with E-state index in [4.69, 9.17) is 11.6 Å². The molecule has 18 heavy (non-hydrogen) atoms. The Kier molecular flexibility index (Phi) is 4.61. The maximum atomic E-state index is 11.9. The maximum Gasteiger partial charge on any atom is 0.236 e. The van der Waals surface area contributed by atoms with Gasteiger partial charge in [0.25, 0.3) is 0 Å². The van der Waals surface area contributed by atoms with Crippen LogP contribution < -0.4 is 5.32 Å². The van der Waals surface area contributed by atoms with Crippen molar-refractivity contribution in [2.75, 3.05) is 20.1 Å². The number of carbonyl (C=O) groups is 1. The molecule has 0 bridgehead atoms. The quantitative estimate of drug-likeness (QED) is 0.857. The Bertz CT molecular complexity index is 418. The zero-order valence-electron chi connectivity index (χ0n) is 10.7. The molecule has 1 aliphatic carbocycles. The second-order valence-electron chi connectivity index (χ2n) is 4.92. The molecule has 0 heterocycles. The number of hydrogen-bond acceptors (Lipinski definition) is 2. The Balaban J connectivity index is 1.77. The van der Waals surface area contributed by atoms with E-state index in [0.717, 1.165) is 18.0 Å². The Morgan fingerprint density at radius 3 is 2.83 bits per heavy atom. The standard InChI is InChI=1S/C14H19ClN2O/c1-17(10-12-4-2-3-5-13(12)15)14(18)9-16-8-11-6-7-11/h2-5,11,16H,6-10H2,1H3. The Morgan fingerprint density at radius 1 is 1.44 bits per heavy atom. The molecule has 0 saturated heterocycles. The number of carbonyl (C=O) groups excluding carboxylic acids is 1. The van der Waals surface area contributed by atoms with Crippen molar-refractivity contribution < 1.29 is 4.79 Å². The van der Waals surface area contributed by atoms with Gasteiger partial charge in [-0.3, -0.25) is 4.79 Å². The molecule has 0 unspecified atom stereocenters. The van der Waals surface area contributed by atoms with Gasteiger partial charge in [-0.15, -0.1) is 0 Å². The first-order valence-corrected chi connectivity index (χ1v) is 6.72. The second-order valence-corrected chi connectivity index (χ2v) is 5.32. The summed E-state index contributed by atoms with van der Waals surface area (Å²) < 4.78 is 0. The van der Waals surface area contributed by atoms with Crippen LogP contribution in [0.1, 0.15) is 18.4 Å². The average molecular weight is 267 g/mol. The van der Waals surface area contributed by atoms with Crippen LogP contribution in [0.25, 0.3) is 0 Å². The van der Waals surface area contributed by atoms with Crippen molar-refractivity contribution in [3.05, 3.63) is 34.9 Å². The van der Waals surface area contributed by atoms with Gasteiger partial charge in [-0.25, -0.2) is 0 Å². The Labute approximate surface area is 113 Å². The minimum absolute atomic E-state index is 0.107. The maximum absolute atomic E-state index is 11.9. The Hall–Kier alpha value is -1.06. The molecule has 0 spiro atoms. The van der Waals surface area contributed by atoms with Gasteiger partial charge in [0.15, 0.2) is 0 Å². The summed E-state index contributed by atoms with van der Waals surface area (Å²) in [6.07, 6.45) is 2.60. The van der Waals surface area contributed by atoms with Crippen LogP contribution in [-0.4, -0.2) is 30.9 Å². The normalized spacial score (nSPS) is 14.6. The minimum Gasteiger partial charge on any atom is -0.340 e. The van der Waals surface area contributed by atoms with E-state index in [1.165, 1.54) is 12.8 Å². The number of benzene rings is 1. The number of amides is 1. The molecule has 1 aromatic carbocycles. The lowest BCUT2D eigenvalue weighted by Gasteiger charge is -2.18. The predicted octanol–water partition coefficient (Wildman–Crippen LogP) is 2.30. The van der Waals surface area contributed by atoms with Gasteiger partial charge < -0.3 is 10.2 Å². The first-order chi connectivity index (χ1) is 8.66. The van der Waals surface area contributed by atoms with E-state index >= 15 is 0 Å². The highest BCUT2D eigenvalue weighted by Gasteiger charge is 2.21. The summed E-state index contributed by atoms with van der Waals surface area (Å²) in [6, 6.07) is 7.63. The van der Waals surface area contributed by atoms with E-state index in [9.17, 15) is 4.79 Å². The number of likely N-dealkylation sites (N-methyl/N-ethyl adjacent to an activating group) is 1. The number of nitrogens with one attached hydrogen (secondary N) is 1. The molecular formula is C14H19ClN2O. The summed E-state index contributed by atoms with van der Waals surface area (Å²) >= 11 is 6.07. The van der Waals surface area contributed by atoms with E-state index in [0.29, 0.717) is 18.1 Å². The number of nitrogens with zero attached hydrogens (tertiary/aromatic N) is 1. The summed E-state index contributed by atoms with van der Waals surface area (Å²) in [6.45, 7) is 1.94. The molecule has 1 aliphatic rings. The minimum atomic E-state index is 0.107. The molecule has 3 nitrogen and oxygen atoms in total. The van der Waals surface area contributed by atoms with Gasteiger partial charge in [0.05, 0.1) is 6.54 Å². The van der Waals surface area contributed by atoms with Crippen LogP contribution >= 0.6 is 11.6 Å². The molecule has 0 aromatic heterocycles. The van der Waals surface area contributed by atoms with E-state index in [-0.39, 0.29) is 5.91 Å². The van der Waals surface area contributed by atoms with E-state index < -0.39 is 0 Å². The van der Waals surface area contributed by atoms with E-state index in [2.05, 4.69) is 5.32 Å². The zero-order chi connectivity index (χ0) is 13.0. The predicted molar refractivity (Wildman–Crippen MR) is 73.5 cm³/mol. The Morgan fingerprint density at radius 2 is 2.17 bits per heavy atom. The first kappa shape index (κ1) is 13.4. The van der Waals surface area contributed by atoms with E-state index in [1.807, 2.05) is 31.3 Å². The van der Waals surface area contributed by atoms with Gasteiger partial charge in [-0.2, -0.15) is 0 Å². The van der Waals surface area contributed by atoms with Gasteiger partial charge in [-0.1, -0.05) is 29.8 Å². The number of rotatable bonds is 6. The number of hydrogen-bond donors (Lipinski definition) is 1. The van der Waals surface area contributed by atoms with Crippen LogP contribution in [0.4, 0.5) is 0 Å². The zero-order valence-corrected chi connectivity index (χ0v) is 11.4. The lowest BCUT2D eigenvalue weighted by Crippen LogP contribution is -2.35. The van der Waals surface area contributed by atoms with E-state index in [1.54, 1.807) is 4.90 Å². The van der Waals surface area contributed by atoms with Gasteiger partial charge in [0.2, 0.25) is 5.91 Å². The van der Waals surface area contributed by atoms with Crippen LogP contribution in [-0.2, 0) is 11.3 Å². The third kappa shape index (κ3) is 4.00. The highest BCUT2D eigenvalue weighted by Crippen LogP contribution is 2.27. The van der Waals surface area contributed by atoms with Crippen molar-refractivity contribution in [1.29, 1.82) is 0 Å².